The summed E-state index contributed by atoms with van der Waals surface area (Å²) in [5, 5.41) is 0.789. The molecule has 0 bridgehead atoms. The average molecular weight is 497 g/mol. The van der Waals surface area contributed by atoms with E-state index in [1.54, 1.807) is 0 Å². The van der Waals surface area contributed by atoms with Gasteiger partial charge in [0.05, 0.1) is 6.10 Å². The van der Waals surface area contributed by atoms with Gasteiger partial charge in [0, 0.05) is 11.9 Å². The standard InChI is InChI=1S/C29H52O2S2/c1-21-28(8,18-23-17-27(7,11-13-31-23)25(2,3)4)29(21)12-14-32-24(20-29)19-26(5,6)22-9-15-33(30)16-10-22/h21-24H,9-20H2,1-8H3. The number of rotatable bonds is 5. The molecule has 4 rings (SSSR count). The largest absolute Gasteiger partial charge is 0.616 e. The van der Waals surface area contributed by atoms with E-state index in [-0.39, 0.29) is 0 Å². The zero-order valence-electron chi connectivity index (χ0n) is 22.9. The van der Waals surface area contributed by atoms with Crippen LogP contribution in [-0.4, -0.2) is 39.8 Å². The van der Waals surface area contributed by atoms with Gasteiger partial charge in [-0.05, 0) is 96.0 Å². The average Bonchev–Trinajstić information content (AvgIpc) is 3.13. The van der Waals surface area contributed by atoms with Crippen LogP contribution in [0.2, 0.25) is 0 Å². The molecule has 2 nitrogen and oxygen atoms in total. The molecule has 1 saturated carbocycles. The van der Waals surface area contributed by atoms with Gasteiger partial charge in [0.15, 0.2) is 0 Å². The Kier molecular flexibility index (Phi) is 7.42. The minimum absolute atomic E-state index is 0.340. The third-order valence-electron chi connectivity index (χ3n) is 11.7. The maximum Gasteiger partial charge on any atom is 0.105 e. The Labute approximate surface area is 212 Å². The molecule has 0 N–H and O–H groups in total. The van der Waals surface area contributed by atoms with E-state index < -0.39 is 11.2 Å². The van der Waals surface area contributed by atoms with Crippen molar-refractivity contribution < 1.29 is 9.29 Å². The van der Waals surface area contributed by atoms with Crippen LogP contribution in [0, 0.1) is 38.9 Å². The zero-order chi connectivity index (χ0) is 24.3. The van der Waals surface area contributed by atoms with Crippen molar-refractivity contribution in [3.05, 3.63) is 0 Å². The third-order valence-corrected chi connectivity index (χ3v) is 14.4. The second kappa shape index (κ2) is 9.18. The van der Waals surface area contributed by atoms with Gasteiger partial charge in [-0.3, -0.25) is 0 Å². The fourth-order valence-electron chi connectivity index (χ4n) is 8.23. The van der Waals surface area contributed by atoms with Crippen molar-refractivity contribution >= 4 is 22.9 Å². The van der Waals surface area contributed by atoms with Crippen LogP contribution in [0.15, 0.2) is 0 Å². The monoisotopic (exact) mass is 496 g/mol. The molecule has 33 heavy (non-hydrogen) atoms. The first kappa shape index (κ1) is 26.7. The van der Waals surface area contributed by atoms with Crippen LogP contribution in [-0.2, 0) is 15.9 Å². The third kappa shape index (κ3) is 4.95. The zero-order valence-corrected chi connectivity index (χ0v) is 24.6. The summed E-state index contributed by atoms with van der Waals surface area (Å²) in [5.41, 5.74) is 2.07. The first-order chi connectivity index (χ1) is 15.2. The number of hydrogen-bond acceptors (Lipinski definition) is 3. The minimum Gasteiger partial charge on any atom is -0.616 e. The predicted molar refractivity (Wildman–Crippen MR) is 145 cm³/mol. The summed E-state index contributed by atoms with van der Waals surface area (Å²) in [5.74, 6) is 4.77. The molecular weight excluding hydrogens is 444 g/mol. The fraction of sp³-hybridized carbons (Fsp3) is 1.00. The van der Waals surface area contributed by atoms with Crippen LogP contribution in [0.3, 0.4) is 0 Å². The molecule has 3 saturated heterocycles. The molecule has 0 radical (unpaired) electrons. The number of hydrogen-bond donors (Lipinski definition) is 0. The van der Waals surface area contributed by atoms with Gasteiger partial charge >= 0.3 is 0 Å². The van der Waals surface area contributed by atoms with E-state index in [0.29, 0.717) is 33.2 Å². The van der Waals surface area contributed by atoms with Crippen molar-refractivity contribution in [2.75, 3.05) is 23.9 Å². The van der Waals surface area contributed by atoms with Gasteiger partial charge in [0.2, 0.25) is 0 Å². The first-order valence-electron chi connectivity index (χ1n) is 13.8. The summed E-state index contributed by atoms with van der Waals surface area (Å²) in [6.07, 6.45) is 10.6. The molecule has 1 aliphatic carbocycles. The second-order valence-electron chi connectivity index (χ2n) is 14.5. The Morgan fingerprint density at radius 2 is 1.70 bits per heavy atom. The minimum atomic E-state index is -0.552. The van der Waals surface area contributed by atoms with Gasteiger partial charge in [0.25, 0.3) is 0 Å². The highest BCUT2D eigenvalue weighted by atomic mass is 32.2. The van der Waals surface area contributed by atoms with E-state index in [1.807, 2.05) is 0 Å². The lowest BCUT2D eigenvalue weighted by atomic mass is 9.62. The molecule has 0 aromatic heterocycles. The fourth-order valence-corrected chi connectivity index (χ4v) is 11.3. The van der Waals surface area contributed by atoms with Crippen LogP contribution >= 0.6 is 11.8 Å². The highest BCUT2D eigenvalue weighted by Gasteiger charge is 2.71. The summed E-state index contributed by atoms with van der Waals surface area (Å²) in [6, 6.07) is 0. The Morgan fingerprint density at radius 1 is 1.03 bits per heavy atom. The SMILES string of the molecule is CC1C(C)(CC2CC(C)(C(C)(C)C)CCO2)C12CCSC(CC(C)(C)C1CC[S+]([O-])CC1)C2. The number of thioether (sulfide) groups is 1. The molecule has 4 fully saturated rings. The second-order valence-corrected chi connectivity index (χ2v) is 17.6. The molecule has 192 valence electrons. The van der Waals surface area contributed by atoms with Crippen LogP contribution in [0.1, 0.15) is 107 Å². The van der Waals surface area contributed by atoms with Crippen molar-refractivity contribution in [3.63, 3.8) is 0 Å². The van der Waals surface area contributed by atoms with Crippen LogP contribution in [0.5, 0.6) is 0 Å². The molecule has 4 aliphatic rings. The van der Waals surface area contributed by atoms with E-state index in [2.05, 4.69) is 67.2 Å². The van der Waals surface area contributed by atoms with Gasteiger partial charge in [0.1, 0.15) is 11.5 Å². The van der Waals surface area contributed by atoms with Crippen LogP contribution < -0.4 is 0 Å². The Hall–Kier alpha value is 0.620. The Bertz CT molecular complexity index is 694. The van der Waals surface area contributed by atoms with Crippen molar-refractivity contribution in [3.8, 4) is 0 Å². The van der Waals surface area contributed by atoms with E-state index in [9.17, 15) is 4.55 Å². The summed E-state index contributed by atoms with van der Waals surface area (Å²) in [4.78, 5) is 0. The quantitative estimate of drug-likeness (QED) is 0.365. The lowest BCUT2D eigenvalue weighted by Crippen LogP contribution is -2.43. The molecule has 0 aromatic rings. The van der Waals surface area contributed by atoms with E-state index in [0.717, 1.165) is 35.2 Å². The van der Waals surface area contributed by atoms with Gasteiger partial charge < -0.3 is 9.29 Å². The number of ether oxygens (including phenoxy) is 1. The molecule has 6 atom stereocenters. The summed E-state index contributed by atoms with van der Waals surface area (Å²) < 4.78 is 18.3. The van der Waals surface area contributed by atoms with Crippen LogP contribution in [0.4, 0.5) is 0 Å². The van der Waals surface area contributed by atoms with Crippen molar-refractivity contribution in [2.24, 2.45) is 38.9 Å². The smallest absolute Gasteiger partial charge is 0.105 e. The normalized spacial score (nSPS) is 47.0. The highest BCUT2D eigenvalue weighted by Crippen LogP contribution is 2.77. The Morgan fingerprint density at radius 3 is 2.33 bits per heavy atom. The van der Waals surface area contributed by atoms with E-state index in [1.165, 1.54) is 57.1 Å². The summed E-state index contributed by atoms with van der Waals surface area (Å²) >= 11 is 1.71. The van der Waals surface area contributed by atoms with E-state index in [4.69, 9.17) is 4.74 Å². The van der Waals surface area contributed by atoms with Crippen molar-refractivity contribution in [1.29, 1.82) is 0 Å². The summed E-state index contributed by atoms with van der Waals surface area (Å²) in [6.45, 7) is 20.9. The predicted octanol–water partition coefficient (Wildman–Crippen LogP) is 7.72. The highest BCUT2D eigenvalue weighted by molar-refractivity contribution is 7.99. The molecule has 0 aromatic carbocycles. The maximum atomic E-state index is 11.9. The van der Waals surface area contributed by atoms with Gasteiger partial charge in [-0.15, -0.1) is 0 Å². The van der Waals surface area contributed by atoms with Gasteiger partial charge in [-0.1, -0.05) is 66.6 Å². The van der Waals surface area contributed by atoms with Gasteiger partial charge in [-0.25, -0.2) is 0 Å². The van der Waals surface area contributed by atoms with Crippen molar-refractivity contribution in [2.45, 2.75) is 118 Å². The van der Waals surface area contributed by atoms with Crippen LogP contribution in [0.25, 0.3) is 0 Å². The molecule has 4 heteroatoms. The molecular formula is C29H52O2S2. The molecule has 1 spiro atoms. The molecule has 6 unspecified atom stereocenters. The summed E-state index contributed by atoms with van der Waals surface area (Å²) in [7, 11) is 0. The molecule has 3 heterocycles. The lowest BCUT2D eigenvalue weighted by Gasteiger charge is -2.48. The lowest BCUT2D eigenvalue weighted by molar-refractivity contribution is -0.0938. The molecule has 3 aliphatic heterocycles. The van der Waals surface area contributed by atoms with Gasteiger partial charge in [-0.2, -0.15) is 11.8 Å². The topological polar surface area (TPSA) is 32.3 Å². The maximum absolute atomic E-state index is 11.9. The van der Waals surface area contributed by atoms with Crippen molar-refractivity contribution in [1.82, 2.24) is 0 Å². The Balaban J connectivity index is 1.39. The first-order valence-corrected chi connectivity index (χ1v) is 16.3. The molecule has 0 amide bonds. The van der Waals surface area contributed by atoms with E-state index >= 15 is 0 Å².